The number of Topliss-reactive ketones (excluding diaryl/α,β-unsaturated/α-hetero) is 1. The first-order chi connectivity index (χ1) is 20.9. The molecule has 45 heavy (non-hydrogen) atoms. The molecule has 5 aliphatic rings. The van der Waals surface area contributed by atoms with Crippen LogP contribution in [0.25, 0.3) is 0 Å². The van der Waals surface area contributed by atoms with Crippen LogP contribution in [0, 0.1) is 39.4 Å². The number of carbonyl (C=O) groups excluding carboxylic acids is 1. The number of ketones is 1. The van der Waals surface area contributed by atoms with Crippen LogP contribution in [-0.2, 0) is 19.1 Å². The topological polar surface area (TPSA) is 154 Å². The molecule has 2 saturated carbocycles. The summed E-state index contributed by atoms with van der Waals surface area (Å²) in [5.74, 6) is -1.04. The molecule has 9 nitrogen and oxygen atoms in total. The lowest BCUT2D eigenvalue weighted by Crippen LogP contribution is -2.61. The third kappa shape index (κ3) is 5.38. The van der Waals surface area contributed by atoms with Crippen molar-refractivity contribution in [1.29, 1.82) is 0 Å². The summed E-state index contributed by atoms with van der Waals surface area (Å²) in [6, 6.07) is 0. The second kappa shape index (κ2) is 12.1. The van der Waals surface area contributed by atoms with E-state index in [2.05, 4.69) is 26.8 Å². The van der Waals surface area contributed by atoms with Gasteiger partial charge in [-0.1, -0.05) is 51.8 Å². The molecule has 4 aliphatic carbocycles. The summed E-state index contributed by atoms with van der Waals surface area (Å²) in [6.07, 6.45) is 0.898. The fraction of sp³-hybridized carbons (Fsp3) is 0.833. The second-order valence-corrected chi connectivity index (χ2v) is 16.3. The van der Waals surface area contributed by atoms with E-state index in [4.69, 9.17) is 9.47 Å². The number of aliphatic hydroxyl groups is 4. The number of hydrogen-bond donors (Lipinski definition) is 5. The van der Waals surface area contributed by atoms with Crippen molar-refractivity contribution in [2.75, 3.05) is 6.61 Å². The molecule has 0 radical (unpaired) electrons. The summed E-state index contributed by atoms with van der Waals surface area (Å²) < 4.78 is 12.6. The third-order valence-electron chi connectivity index (χ3n) is 13.5. The minimum atomic E-state index is -1.56. The summed E-state index contributed by atoms with van der Waals surface area (Å²) in [7, 11) is 0. The van der Waals surface area contributed by atoms with Crippen LogP contribution in [0.4, 0.5) is 0 Å². The molecule has 0 aromatic heterocycles. The fourth-order valence-electron chi connectivity index (χ4n) is 10.6. The Hall–Kier alpha value is -1.62. The maximum absolute atomic E-state index is 13.3. The van der Waals surface area contributed by atoms with Crippen molar-refractivity contribution >= 4 is 11.8 Å². The molecule has 1 saturated heterocycles. The number of fused-ring (bicyclic) bond motifs is 4. The molecule has 9 heteroatoms. The first kappa shape index (κ1) is 34.7. The number of aliphatic carboxylic acids is 1. The normalized spacial score (nSPS) is 44.9. The number of hydrogen-bond acceptors (Lipinski definition) is 8. The Morgan fingerprint density at radius 1 is 1.02 bits per heavy atom. The van der Waals surface area contributed by atoms with Crippen LogP contribution in [0.1, 0.15) is 106 Å². The van der Waals surface area contributed by atoms with Crippen LogP contribution in [-0.4, -0.2) is 80.7 Å². The van der Waals surface area contributed by atoms with Crippen LogP contribution in [0.3, 0.4) is 0 Å². The molecule has 5 N–H and O–H groups in total. The van der Waals surface area contributed by atoms with Crippen LogP contribution >= 0.6 is 0 Å². The summed E-state index contributed by atoms with van der Waals surface area (Å²) in [5, 5.41) is 52.3. The van der Waals surface area contributed by atoms with Crippen LogP contribution in [0.15, 0.2) is 22.8 Å². The number of rotatable bonds is 8. The van der Waals surface area contributed by atoms with Crippen molar-refractivity contribution < 1.29 is 44.6 Å². The zero-order valence-electron chi connectivity index (χ0n) is 28.2. The van der Waals surface area contributed by atoms with E-state index in [0.29, 0.717) is 19.3 Å². The van der Waals surface area contributed by atoms with E-state index in [1.165, 1.54) is 11.1 Å². The first-order valence-corrected chi connectivity index (χ1v) is 17.0. The molecule has 1 heterocycles. The van der Waals surface area contributed by atoms with E-state index >= 15 is 0 Å². The zero-order chi connectivity index (χ0) is 33.3. The average Bonchev–Trinajstić information content (AvgIpc) is 3.24. The SMILES string of the molecule is CC(C)=CCC[C@@H](C(=O)O)[C@H]1CC[C@@]2(C)C3=C(CC[C@]12C)[C@@]1(C)CCC(=O)C(C)(C)[C@@H]1C[C@H]3O[C@@H]1O[C@H](CO)[C@@H](O)[C@H](O)[C@H]1O. The van der Waals surface area contributed by atoms with Gasteiger partial charge < -0.3 is 35.0 Å². The molecule has 12 atom stereocenters. The average molecular weight is 633 g/mol. The van der Waals surface area contributed by atoms with Gasteiger partial charge in [0.25, 0.3) is 0 Å². The van der Waals surface area contributed by atoms with Crippen molar-refractivity contribution in [1.82, 2.24) is 0 Å². The summed E-state index contributed by atoms with van der Waals surface area (Å²) in [6.45, 7) is 14.4. The van der Waals surface area contributed by atoms with Crippen LogP contribution in [0.5, 0.6) is 0 Å². The van der Waals surface area contributed by atoms with E-state index in [0.717, 1.165) is 44.1 Å². The largest absolute Gasteiger partial charge is 0.481 e. The number of ether oxygens (including phenoxy) is 2. The smallest absolute Gasteiger partial charge is 0.306 e. The number of aliphatic hydroxyl groups excluding tert-OH is 4. The van der Waals surface area contributed by atoms with Crippen molar-refractivity contribution in [3.05, 3.63) is 22.8 Å². The van der Waals surface area contributed by atoms with Gasteiger partial charge in [-0.25, -0.2) is 0 Å². The number of allylic oxidation sites excluding steroid dienone is 3. The number of carboxylic acid groups (broad SMARTS) is 1. The Bertz CT molecular complexity index is 1230. The predicted molar refractivity (Wildman–Crippen MR) is 168 cm³/mol. The molecule has 254 valence electrons. The van der Waals surface area contributed by atoms with Gasteiger partial charge in [0.15, 0.2) is 6.29 Å². The molecule has 5 rings (SSSR count). The highest BCUT2D eigenvalue weighted by Crippen LogP contribution is 2.72. The van der Waals surface area contributed by atoms with Gasteiger partial charge in [-0.15, -0.1) is 0 Å². The second-order valence-electron chi connectivity index (χ2n) is 16.3. The van der Waals surface area contributed by atoms with E-state index in [1.54, 1.807) is 0 Å². The number of carbonyl (C=O) groups is 2. The van der Waals surface area contributed by atoms with Crippen LogP contribution < -0.4 is 0 Å². The van der Waals surface area contributed by atoms with E-state index in [9.17, 15) is 35.1 Å². The molecule has 0 unspecified atom stereocenters. The quantitative estimate of drug-likeness (QED) is 0.243. The van der Waals surface area contributed by atoms with E-state index < -0.39 is 66.1 Å². The molecule has 0 amide bonds. The first-order valence-electron chi connectivity index (χ1n) is 17.0. The van der Waals surface area contributed by atoms with Crippen molar-refractivity contribution in [2.24, 2.45) is 39.4 Å². The molecule has 3 fully saturated rings. The van der Waals surface area contributed by atoms with Gasteiger partial charge in [0.05, 0.1) is 18.6 Å². The minimum absolute atomic E-state index is 0.0255. The lowest BCUT2D eigenvalue weighted by atomic mass is 9.43. The lowest BCUT2D eigenvalue weighted by Gasteiger charge is -2.62. The summed E-state index contributed by atoms with van der Waals surface area (Å²) >= 11 is 0. The molecule has 0 aromatic rings. The van der Waals surface area contributed by atoms with Crippen molar-refractivity contribution in [3.8, 4) is 0 Å². The molecule has 1 aliphatic heterocycles. The van der Waals surface area contributed by atoms with E-state index in [-0.39, 0.29) is 28.4 Å². The van der Waals surface area contributed by atoms with Crippen LogP contribution in [0.2, 0.25) is 0 Å². The summed E-state index contributed by atoms with van der Waals surface area (Å²) in [4.78, 5) is 26.1. The van der Waals surface area contributed by atoms with E-state index in [1.807, 2.05) is 27.7 Å². The lowest BCUT2D eigenvalue weighted by molar-refractivity contribution is -0.312. The Labute approximate surface area is 268 Å². The van der Waals surface area contributed by atoms with Gasteiger partial charge in [-0.2, -0.15) is 0 Å². The maximum Gasteiger partial charge on any atom is 0.306 e. The van der Waals surface area contributed by atoms with Gasteiger partial charge in [-0.3, -0.25) is 9.59 Å². The predicted octanol–water partition coefficient (Wildman–Crippen LogP) is 4.55. The Morgan fingerprint density at radius 2 is 1.71 bits per heavy atom. The molecule has 0 bridgehead atoms. The van der Waals surface area contributed by atoms with Crippen molar-refractivity contribution in [2.45, 2.75) is 143 Å². The molecular formula is C36H56O9. The Balaban J connectivity index is 1.59. The number of carboxylic acids is 1. The third-order valence-corrected chi connectivity index (χ3v) is 13.5. The van der Waals surface area contributed by atoms with Gasteiger partial charge in [0.2, 0.25) is 0 Å². The van der Waals surface area contributed by atoms with Gasteiger partial charge in [-0.05, 0) is 98.9 Å². The highest BCUT2D eigenvalue weighted by Gasteiger charge is 2.66. The van der Waals surface area contributed by atoms with Gasteiger partial charge >= 0.3 is 5.97 Å². The highest BCUT2D eigenvalue weighted by molar-refractivity contribution is 5.86. The van der Waals surface area contributed by atoms with Gasteiger partial charge in [0.1, 0.15) is 30.2 Å². The minimum Gasteiger partial charge on any atom is -0.481 e. The fourth-order valence-corrected chi connectivity index (χ4v) is 10.6. The molecule has 0 aromatic carbocycles. The standard InChI is InChI=1S/C36H56O9/c1-19(2)9-8-10-20(31(42)43)21-11-16-36(7)27-22(12-15-35(21,36)6)34(5)14-13-26(38)33(3,4)25(34)17-23(27)44-32-30(41)29(40)28(39)24(18-37)45-32/h9,20-21,23-25,28-30,32,37,39-41H,8,10-18H2,1-7H3,(H,42,43)/t20-,21-,23-,24-,25+,28-,29+,30-,32-,34-,35-,36+/m1/s1. The monoisotopic (exact) mass is 632 g/mol. The molecule has 0 spiro atoms. The zero-order valence-corrected chi connectivity index (χ0v) is 28.2. The highest BCUT2D eigenvalue weighted by atomic mass is 16.7. The Kier molecular flexibility index (Phi) is 9.35. The van der Waals surface area contributed by atoms with Gasteiger partial charge in [0, 0.05) is 11.8 Å². The maximum atomic E-state index is 13.3. The summed E-state index contributed by atoms with van der Waals surface area (Å²) in [5.41, 5.74) is 2.08. The van der Waals surface area contributed by atoms with Crippen molar-refractivity contribution in [3.63, 3.8) is 0 Å². The Morgan fingerprint density at radius 3 is 2.33 bits per heavy atom. The molecular weight excluding hydrogens is 576 g/mol.